The molecule has 5 rings (SSSR count). The Morgan fingerprint density at radius 2 is 1.76 bits per heavy atom. The van der Waals surface area contributed by atoms with E-state index in [0.29, 0.717) is 6.42 Å². The van der Waals surface area contributed by atoms with Crippen molar-refractivity contribution in [2.24, 2.45) is 5.92 Å². The monoisotopic (exact) mass is 474 g/mol. The molecule has 0 radical (unpaired) electrons. The molecule has 1 aromatic heterocycles. The van der Waals surface area contributed by atoms with Crippen LogP contribution in [0.3, 0.4) is 0 Å². The number of carbonyl (C=O) groups is 1. The summed E-state index contributed by atoms with van der Waals surface area (Å²) in [7, 11) is -3.65. The van der Waals surface area contributed by atoms with Gasteiger partial charge in [-0.3, -0.25) is 4.79 Å². The normalized spacial score (nSPS) is 17.6. The number of fused-ring (bicyclic) bond motifs is 1. The lowest BCUT2D eigenvalue weighted by Crippen LogP contribution is -2.08. The zero-order valence-corrected chi connectivity index (χ0v) is 19.4. The molecule has 3 aromatic carbocycles. The molecule has 1 aliphatic rings. The average Bonchev–Trinajstić information content (AvgIpc) is 3.62. The van der Waals surface area contributed by atoms with Gasteiger partial charge in [0.1, 0.15) is 17.4 Å². The zero-order chi connectivity index (χ0) is 23.9. The first kappa shape index (κ1) is 22.3. The van der Waals surface area contributed by atoms with Gasteiger partial charge in [0.05, 0.1) is 17.3 Å². The third-order valence-corrected chi connectivity index (χ3v) is 8.04. The quantitative estimate of drug-likeness (QED) is 0.378. The molecule has 0 aliphatic heterocycles. The van der Waals surface area contributed by atoms with Gasteiger partial charge in [0.15, 0.2) is 15.7 Å². The number of halogens is 1. The summed E-state index contributed by atoms with van der Waals surface area (Å²) in [5.74, 6) is -0.683. The predicted molar refractivity (Wildman–Crippen MR) is 128 cm³/mol. The smallest absolute Gasteiger partial charge is 0.185 e. The number of ketones is 1. The van der Waals surface area contributed by atoms with Crippen molar-refractivity contribution in [2.45, 2.75) is 36.3 Å². The SMILES string of the molecule is Cc1cccc2ccc(CC(=O)[C@@H]3CC3c3ccc(S(=O)(=O)Cc4ncc(F)cn4)cc3)cc12. The van der Waals surface area contributed by atoms with Crippen LogP contribution in [-0.4, -0.2) is 24.2 Å². The van der Waals surface area contributed by atoms with Gasteiger partial charge in [0.25, 0.3) is 0 Å². The molecule has 0 N–H and O–H groups in total. The topological polar surface area (TPSA) is 77.0 Å². The molecule has 1 unspecified atom stereocenters. The Morgan fingerprint density at radius 1 is 1.03 bits per heavy atom. The van der Waals surface area contributed by atoms with Crippen molar-refractivity contribution in [1.82, 2.24) is 9.97 Å². The lowest BCUT2D eigenvalue weighted by atomic mass is 9.98. The molecule has 1 saturated carbocycles. The summed E-state index contributed by atoms with van der Waals surface area (Å²) in [6, 6.07) is 19.0. The Morgan fingerprint density at radius 3 is 2.50 bits per heavy atom. The maximum absolute atomic E-state index is 13.0. The molecular formula is C27H23FN2O3S. The molecule has 1 heterocycles. The molecule has 5 nitrogen and oxygen atoms in total. The minimum Gasteiger partial charge on any atom is -0.299 e. The fourth-order valence-electron chi connectivity index (χ4n) is 4.43. The number of aromatic nitrogens is 2. The molecule has 0 bridgehead atoms. The number of rotatable bonds is 7. The zero-order valence-electron chi connectivity index (χ0n) is 18.6. The van der Waals surface area contributed by atoms with Crippen LogP contribution in [0, 0.1) is 18.7 Å². The van der Waals surface area contributed by atoms with E-state index in [0.717, 1.165) is 29.9 Å². The lowest BCUT2D eigenvalue weighted by molar-refractivity contribution is -0.119. The van der Waals surface area contributed by atoms with Crippen LogP contribution in [0.5, 0.6) is 0 Å². The molecule has 172 valence electrons. The Kier molecular flexibility index (Phi) is 5.73. The van der Waals surface area contributed by atoms with Crippen LogP contribution in [-0.2, 0) is 26.8 Å². The number of carbonyl (C=O) groups excluding carboxylic acids is 1. The summed E-state index contributed by atoms with van der Waals surface area (Å²) >= 11 is 0. The largest absolute Gasteiger partial charge is 0.299 e. The number of benzene rings is 3. The van der Waals surface area contributed by atoms with Crippen molar-refractivity contribution in [3.63, 3.8) is 0 Å². The second-order valence-electron chi connectivity index (χ2n) is 8.87. The first-order chi connectivity index (χ1) is 16.3. The number of aryl methyl sites for hydroxylation is 1. The molecule has 2 atom stereocenters. The molecule has 4 aromatic rings. The number of nitrogens with zero attached hydrogens (tertiary/aromatic N) is 2. The van der Waals surface area contributed by atoms with E-state index in [4.69, 9.17) is 0 Å². The van der Waals surface area contributed by atoms with E-state index in [2.05, 4.69) is 41.2 Å². The first-order valence-electron chi connectivity index (χ1n) is 11.1. The minimum absolute atomic E-state index is 0.0392. The highest BCUT2D eigenvalue weighted by Gasteiger charge is 2.43. The fourth-order valence-corrected chi connectivity index (χ4v) is 5.63. The molecule has 0 spiro atoms. The van der Waals surface area contributed by atoms with E-state index in [1.807, 2.05) is 12.1 Å². The Bertz CT molecular complexity index is 1480. The molecule has 7 heteroatoms. The summed E-state index contributed by atoms with van der Waals surface area (Å²) in [4.78, 5) is 20.5. The van der Waals surface area contributed by atoms with Gasteiger partial charge < -0.3 is 0 Å². The van der Waals surface area contributed by atoms with Crippen LogP contribution in [0.25, 0.3) is 10.8 Å². The number of hydrogen-bond donors (Lipinski definition) is 0. The highest BCUT2D eigenvalue weighted by atomic mass is 32.2. The van der Waals surface area contributed by atoms with Crippen LogP contribution in [0.4, 0.5) is 4.39 Å². The molecule has 0 saturated heterocycles. The van der Waals surface area contributed by atoms with Crippen LogP contribution < -0.4 is 0 Å². The third-order valence-electron chi connectivity index (χ3n) is 6.41. The Hall–Kier alpha value is -3.45. The maximum atomic E-state index is 13.0. The maximum Gasteiger partial charge on any atom is 0.185 e. The van der Waals surface area contributed by atoms with Crippen molar-refractivity contribution in [3.8, 4) is 0 Å². The summed E-state index contributed by atoms with van der Waals surface area (Å²) < 4.78 is 38.3. The van der Waals surface area contributed by atoms with Gasteiger partial charge in [-0.15, -0.1) is 0 Å². The standard InChI is InChI=1S/C27H23FN2O3S/c1-17-3-2-4-19-6-5-18(11-23(17)19)12-26(31)25-13-24(25)20-7-9-22(10-8-20)34(32,33)16-27-29-14-21(28)15-30-27/h2-11,14-15,24-25H,12-13,16H2,1H3/t24?,25-/m1/s1. The average molecular weight is 475 g/mol. The second-order valence-corrected chi connectivity index (χ2v) is 10.9. The summed E-state index contributed by atoms with van der Waals surface area (Å²) in [6.07, 6.45) is 3.07. The Balaban J connectivity index is 1.24. The van der Waals surface area contributed by atoms with E-state index in [9.17, 15) is 17.6 Å². The van der Waals surface area contributed by atoms with E-state index < -0.39 is 21.4 Å². The second kappa shape index (κ2) is 8.72. The molecule has 0 amide bonds. The van der Waals surface area contributed by atoms with Crippen molar-refractivity contribution >= 4 is 26.4 Å². The number of Topliss-reactive ketones (excluding diaryl/α,β-unsaturated/α-hetero) is 1. The van der Waals surface area contributed by atoms with Crippen molar-refractivity contribution in [1.29, 1.82) is 0 Å². The van der Waals surface area contributed by atoms with Gasteiger partial charge in [0, 0.05) is 12.3 Å². The molecule has 1 fully saturated rings. The van der Waals surface area contributed by atoms with E-state index >= 15 is 0 Å². The van der Waals surface area contributed by atoms with E-state index in [1.165, 1.54) is 16.3 Å². The van der Waals surface area contributed by atoms with Gasteiger partial charge in [-0.2, -0.15) is 0 Å². The molecule has 1 aliphatic carbocycles. The number of sulfone groups is 1. The predicted octanol–water partition coefficient (Wildman–Crippen LogP) is 4.97. The fraction of sp³-hybridized carbons (Fsp3) is 0.222. The lowest BCUT2D eigenvalue weighted by Gasteiger charge is -2.07. The van der Waals surface area contributed by atoms with Crippen molar-refractivity contribution in [3.05, 3.63) is 101 Å². The van der Waals surface area contributed by atoms with Gasteiger partial charge in [-0.1, -0.05) is 48.5 Å². The van der Waals surface area contributed by atoms with Crippen LogP contribution >= 0.6 is 0 Å². The van der Waals surface area contributed by atoms with Gasteiger partial charge in [0.2, 0.25) is 0 Å². The highest BCUT2D eigenvalue weighted by Crippen LogP contribution is 2.48. The van der Waals surface area contributed by atoms with Crippen molar-refractivity contribution < 1.29 is 17.6 Å². The highest BCUT2D eigenvalue weighted by molar-refractivity contribution is 7.90. The van der Waals surface area contributed by atoms with Gasteiger partial charge >= 0.3 is 0 Å². The minimum atomic E-state index is -3.65. The van der Waals surface area contributed by atoms with Crippen LogP contribution in [0.2, 0.25) is 0 Å². The van der Waals surface area contributed by atoms with E-state index in [-0.39, 0.29) is 28.3 Å². The van der Waals surface area contributed by atoms with Crippen LogP contribution in [0.1, 0.15) is 34.9 Å². The third kappa shape index (κ3) is 4.61. The Labute approximate surface area is 197 Å². The first-order valence-corrected chi connectivity index (χ1v) is 12.8. The van der Waals surface area contributed by atoms with E-state index in [1.54, 1.807) is 24.3 Å². The van der Waals surface area contributed by atoms with Crippen molar-refractivity contribution in [2.75, 3.05) is 0 Å². The summed E-state index contributed by atoms with van der Waals surface area (Å²) in [5.41, 5.74) is 3.17. The van der Waals surface area contributed by atoms with Gasteiger partial charge in [-0.05, 0) is 58.9 Å². The summed E-state index contributed by atoms with van der Waals surface area (Å²) in [5, 5.41) is 2.34. The van der Waals surface area contributed by atoms with Crippen LogP contribution in [0.15, 0.2) is 78.0 Å². The van der Waals surface area contributed by atoms with Gasteiger partial charge in [-0.25, -0.2) is 22.8 Å². The summed E-state index contributed by atoms with van der Waals surface area (Å²) in [6.45, 7) is 2.07. The molecule has 34 heavy (non-hydrogen) atoms. The molecular weight excluding hydrogens is 451 g/mol. The number of hydrogen-bond acceptors (Lipinski definition) is 5.